The molecule has 1 amide bonds. The summed E-state index contributed by atoms with van der Waals surface area (Å²) >= 11 is 0. The molecular formula is C45H90N2O6P+. The zero-order chi connectivity index (χ0) is 40.0. The van der Waals surface area contributed by atoms with Gasteiger partial charge >= 0.3 is 7.82 Å². The number of hydrogen-bond acceptors (Lipinski definition) is 5. The molecule has 0 saturated carbocycles. The van der Waals surface area contributed by atoms with Crippen LogP contribution in [0.5, 0.6) is 0 Å². The van der Waals surface area contributed by atoms with E-state index in [4.69, 9.17) is 9.05 Å². The molecule has 3 N–H and O–H groups in total. The van der Waals surface area contributed by atoms with Gasteiger partial charge in [-0.2, -0.15) is 0 Å². The van der Waals surface area contributed by atoms with Gasteiger partial charge in [-0.15, -0.1) is 0 Å². The summed E-state index contributed by atoms with van der Waals surface area (Å²) in [6.45, 7) is 4.67. The van der Waals surface area contributed by atoms with Crippen molar-refractivity contribution in [3.05, 3.63) is 24.3 Å². The van der Waals surface area contributed by atoms with Crippen LogP contribution in [0.3, 0.4) is 0 Å². The van der Waals surface area contributed by atoms with Crippen molar-refractivity contribution >= 4 is 13.7 Å². The van der Waals surface area contributed by atoms with Crippen molar-refractivity contribution in [3.63, 3.8) is 0 Å². The molecule has 320 valence electrons. The molecule has 8 nitrogen and oxygen atoms in total. The standard InChI is InChI=1S/C45H89N2O6P/c1-6-8-10-12-13-14-15-16-17-18-19-20-21-22-23-24-25-26-27-28-29-30-31-32-33-34-35-36-38-44(48)43(46-45(49)39-37-11-9-7-2)42-53-54(50,51)52-41-40-47(3,4)5/h32-33,36,38,43-44,48H,6-31,34-35,37,39-42H2,1-5H3,(H-,46,49,50,51)/p+1/b33-32+,38-36+. The number of hydrogen-bond donors (Lipinski definition) is 3. The van der Waals surface area contributed by atoms with Crippen LogP contribution in [0.25, 0.3) is 0 Å². The molecule has 0 bridgehead atoms. The number of aliphatic hydroxyl groups excluding tert-OH is 1. The first-order valence-corrected chi connectivity index (χ1v) is 24.2. The summed E-state index contributed by atoms with van der Waals surface area (Å²) in [7, 11) is 1.55. The van der Waals surface area contributed by atoms with Crippen molar-refractivity contribution in [2.75, 3.05) is 40.9 Å². The van der Waals surface area contributed by atoms with E-state index in [1.165, 1.54) is 141 Å². The van der Waals surface area contributed by atoms with Crippen molar-refractivity contribution in [3.8, 4) is 0 Å². The van der Waals surface area contributed by atoms with E-state index < -0.39 is 20.0 Å². The van der Waals surface area contributed by atoms with Gasteiger partial charge in [-0.3, -0.25) is 13.8 Å². The second kappa shape index (κ2) is 37.6. The van der Waals surface area contributed by atoms with Gasteiger partial charge in [0, 0.05) is 6.42 Å². The van der Waals surface area contributed by atoms with Gasteiger partial charge in [-0.05, 0) is 32.1 Å². The summed E-state index contributed by atoms with van der Waals surface area (Å²) in [5.41, 5.74) is 0. The molecule has 3 unspecified atom stereocenters. The third-order valence-corrected chi connectivity index (χ3v) is 11.2. The van der Waals surface area contributed by atoms with E-state index in [0.29, 0.717) is 17.4 Å². The van der Waals surface area contributed by atoms with E-state index in [9.17, 15) is 19.4 Å². The molecule has 0 aliphatic heterocycles. The maximum Gasteiger partial charge on any atom is 0.472 e. The summed E-state index contributed by atoms with van der Waals surface area (Å²) < 4.78 is 23.3. The van der Waals surface area contributed by atoms with Crippen LogP contribution in [0, 0.1) is 0 Å². The Hall–Kier alpha value is -1.02. The van der Waals surface area contributed by atoms with E-state index in [0.717, 1.165) is 44.9 Å². The second-order valence-electron chi connectivity index (χ2n) is 16.8. The number of allylic oxidation sites excluding steroid dienone is 3. The number of phosphoric acid groups is 1. The maximum atomic E-state index is 12.6. The molecule has 0 aromatic heterocycles. The van der Waals surface area contributed by atoms with E-state index in [1.807, 2.05) is 27.2 Å². The van der Waals surface area contributed by atoms with Crippen LogP contribution in [0.1, 0.15) is 206 Å². The average Bonchev–Trinajstić information content (AvgIpc) is 3.12. The zero-order valence-electron chi connectivity index (χ0n) is 36.2. The summed E-state index contributed by atoms with van der Waals surface area (Å²) in [6, 6.07) is -0.855. The predicted molar refractivity (Wildman–Crippen MR) is 231 cm³/mol. The van der Waals surface area contributed by atoms with Gasteiger partial charge in [0.25, 0.3) is 0 Å². The Labute approximate surface area is 334 Å². The molecule has 0 rings (SSSR count). The predicted octanol–water partition coefficient (Wildman–Crippen LogP) is 12.5. The van der Waals surface area contributed by atoms with Crippen molar-refractivity contribution in [2.24, 2.45) is 0 Å². The number of likely N-dealkylation sites (N-methyl/N-ethyl adjacent to an activating group) is 1. The van der Waals surface area contributed by atoms with Gasteiger partial charge in [-0.25, -0.2) is 4.57 Å². The number of quaternary nitrogens is 1. The summed E-state index contributed by atoms with van der Waals surface area (Å²) in [4.78, 5) is 22.7. The Morgan fingerprint density at radius 1 is 0.611 bits per heavy atom. The highest BCUT2D eigenvalue weighted by molar-refractivity contribution is 7.47. The molecule has 3 atom stereocenters. The molecule has 0 spiro atoms. The Kier molecular flexibility index (Phi) is 36.8. The van der Waals surface area contributed by atoms with Crippen LogP contribution in [0.15, 0.2) is 24.3 Å². The van der Waals surface area contributed by atoms with Gasteiger partial charge in [0.1, 0.15) is 13.2 Å². The molecular weight excluding hydrogens is 695 g/mol. The number of carbonyl (C=O) groups excluding carboxylic acids is 1. The van der Waals surface area contributed by atoms with E-state index in [1.54, 1.807) is 6.08 Å². The van der Waals surface area contributed by atoms with Crippen LogP contribution in [-0.4, -0.2) is 73.4 Å². The quantitative estimate of drug-likeness (QED) is 0.0247. The first-order chi connectivity index (χ1) is 26.0. The molecule has 0 aromatic rings. The molecule has 0 aromatic carbocycles. The molecule has 0 heterocycles. The highest BCUT2D eigenvalue weighted by Gasteiger charge is 2.27. The van der Waals surface area contributed by atoms with Gasteiger partial charge < -0.3 is 19.8 Å². The van der Waals surface area contributed by atoms with Crippen LogP contribution >= 0.6 is 7.82 Å². The Morgan fingerprint density at radius 3 is 1.48 bits per heavy atom. The lowest BCUT2D eigenvalue weighted by atomic mass is 10.0. The average molecular weight is 786 g/mol. The Balaban J connectivity index is 3.99. The van der Waals surface area contributed by atoms with E-state index in [-0.39, 0.29) is 19.1 Å². The van der Waals surface area contributed by atoms with Crippen molar-refractivity contribution in [1.29, 1.82) is 0 Å². The number of rotatable bonds is 41. The minimum Gasteiger partial charge on any atom is -0.387 e. The van der Waals surface area contributed by atoms with Gasteiger partial charge in [0.15, 0.2) is 0 Å². The number of nitrogens with zero attached hydrogens (tertiary/aromatic N) is 1. The third-order valence-electron chi connectivity index (χ3n) is 10.2. The molecule has 54 heavy (non-hydrogen) atoms. The molecule has 0 aliphatic rings. The van der Waals surface area contributed by atoms with Crippen LogP contribution in [0.2, 0.25) is 0 Å². The molecule has 0 fully saturated rings. The fourth-order valence-corrected chi connectivity index (χ4v) is 7.26. The topological polar surface area (TPSA) is 105 Å². The number of phosphoric ester groups is 1. The fraction of sp³-hybridized carbons (Fsp3) is 0.889. The molecule has 0 saturated heterocycles. The SMILES string of the molecule is CCCCCCCCCCCCCCCCCCCCCCCC/C=C/CC/C=C/C(O)C(COP(=O)(O)OCC[N+](C)(C)C)NC(=O)CCCCCC. The minimum atomic E-state index is -4.32. The normalized spacial score (nSPS) is 14.6. The summed E-state index contributed by atoms with van der Waals surface area (Å²) in [6.07, 6.45) is 44.8. The lowest BCUT2D eigenvalue weighted by molar-refractivity contribution is -0.870. The number of amides is 1. The number of nitrogens with one attached hydrogen (secondary N) is 1. The first kappa shape index (κ1) is 53.0. The summed E-state index contributed by atoms with van der Waals surface area (Å²) in [5.74, 6) is -0.204. The highest BCUT2D eigenvalue weighted by Crippen LogP contribution is 2.43. The lowest BCUT2D eigenvalue weighted by Gasteiger charge is -2.25. The number of aliphatic hydroxyl groups is 1. The van der Waals surface area contributed by atoms with Crippen LogP contribution in [-0.2, 0) is 18.4 Å². The maximum absolute atomic E-state index is 12.6. The summed E-state index contributed by atoms with van der Waals surface area (Å²) in [5, 5.41) is 13.6. The monoisotopic (exact) mass is 786 g/mol. The highest BCUT2D eigenvalue weighted by atomic mass is 31.2. The van der Waals surface area contributed by atoms with E-state index >= 15 is 0 Å². The number of unbranched alkanes of at least 4 members (excludes halogenated alkanes) is 26. The van der Waals surface area contributed by atoms with Crippen molar-refractivity contribution < 1.29 is 32.9 Å². The lowest BCUT2D eigenvalue weighted by Crippen LogP contribution is -2.45. The van der Waals surface area contributed by atoms with Crippen molar-refractivity contribution in [2.45, 2.75) is 219 Å². The largest absolute Gasteiger partial charge is 0.472 e. The fourth-order valence-electron chi connectivity index (χ4n) is 6.53. The van der Waals surface area contributed by atoms with Gasteiger partial charge in [0.05, 0.1) is 39.9 Å². The third kappa shape index (κ3) is 39.2. The first-order valence-electron chi connectivity index (χ1n) is 22.7. The molecule has 9 heteroatoms. The smallest absolute Gasteiger partial charge is 0.387 e. The minimum absolute atomic E-state index is 0.0569. The van der Waals surface area contributed by atoms with Crippen LogP contribution < -0.4 is 5.32 Å². The van der Waals surface area contributed by atoms with E-state index in [2.05, 4.69) is 31.3 Å². The van der Waals surface area contributed by atoms with Gasteiger partial charge in [-0.1, -0.05) is 192 Å². The molecule has 0 aliphatic carbocycles. The van der Waals surface area contributed by atoms with Gasteiger partial charge in [0.2, 0.25) is 5.91 Å². The van der Waals surface area contributed by atoms with Crippen molar-refractivity contribution in [1.82, 2.24) is 5.32 Å². The molecule has 0 radical (unpaired) electrons. The second-order valence-corrected chi connectivity index (χ2v) is 18.2. The van der Waals surface area contributed by atoms with Crippen LogP contribution in [0.4, 0.5) is 0 Å². The Bertz CT molecular complexity index is 938. The zero-order valence-corrected chi connectivity index (χ0v) is 37.1. The Morgan fingerprint density at radius 2 is 1.02 bits per heavy atom. The number of carbonyl (C=O) groups is 1.